The van der Waals surface area contributed by atoms with Crippen molar-refractivity contribution in [2.75, 3.05) is 6.61 Å². The summed E-state index contributed by atoms with van der Waals surface area (Å²) in [5.41, 5.74) is 2.65. The lowest BCUT2D eigenvalue weighted by Gasteiger charge is -2.16. The molecule has 1 rings (SSSR count). The average Bonchev–Trinajstić information content (AvgIpc) is 2.06. The Morgan fingerprint density at radius 3 is 2.58 bits per heavy atom. The molecule has 2 heteroatoms. The molecule has 0 aromatic heterocycles. The van der Waals surface area contributed by atoms with Crippen LogP contribution in [0.3, 0.4) is 0 Å². The zero-order chi connectivity index (χ0) is 8.97. The summed E-state index contributed by atoms with van der Waals surface area (Å²) in [7, 11) is 0. The molecule has 0 spiro atoms. The maximum Gasteiger partial charge on any atom is 0.103 e. The molecule has 1 N–H and O–H groups in total. The van der Waals surface area contributed by atoms with E-state index in [4.69, 9.17) is 5.26 Å². The van der Waals surface area contributed by atoms with Crippen LogP contribution in [0, 0.1) is 5.92 Å². The van der Waals surface area contributed by atoms with Crippen LogP contribution in [0.4, 0.5) is 0 Å². The molecule has 0 saturated heterocycles. The highest BCUT2D eigenvalue weighted by molar-refractivity contribution is 5.25. The highest BCUT2D eigenvalue weighted by atomic mass is 17.1. The fourth-order valence-electron chi connectivity index (χ4n) is 1.38. The Bertz CT molecular complexity index is 202. The fraction of sp³-hybridized carbons (Fsp3) is 0.600. The molecule has 0 radical (unpaired) electrons. The lowest BCUT2D eigenvalue weighted by Crippen LogP contribution is -2.03. The third kappa shape index (κ3) is 2.47. The third-order valence-corrected chi connectivity index (χ3v) is 2.26. The molecule has 0 heterocycles. The van der Waals surface area contributed by atoms with E-state index in [1.807, 2.05) is 0 Å². The maximum absolute atomic E-state index is 8.23. The number of hydrogen-bond donors (Lipinski definition) is 1. The molecule has 2 nitrogen and oxygen atoms in total. The van der Waals surface area contributed by atoms with Crippen LogP contribution in [0.5, 0.6) is 0 Å². The lowest BCUT2D eigenvalue weighted by molar-refractivity contribution is -0.234. The Balaban J connectivity index is 2.54. The molecular weight excluding hydrogens is 152 g/mol. The quantitative estimate of drug-likeness (QED) is 0.518. The average molecular weight is 168 g/mol. The highest BCUT2D eigenvalue weighted by Crippen LogP contribution is 2.23. The Kier molecular flexibility index (Phi) is 3.50. The van der Waals surface area contributed by atoms with Gasteiger partial charge in [0.2, 0.25) is 0 Å². The van der Waals surface area contributed by atoms with Gasteiger partial charge in [-0.1, -0.05) is 31.6 Å². The molecule has 0 aromatic rings. The Labute approximate surface area is 73.5 Å². The van der Waals surface area contributed by atoms with Gasteiger partial charge in [0.25, 0.3) is 0 Å². The van der Waals surface area contributed by atoms with Crippen molar-refractivity contribution in [3.8, 4) is 0 Å². The van der Waals surface area contributed by atoms with Crippen molar-refractivity contribution in [1.29, 1.82) is 0 Å². The van der Waals surface area contributed by atoms with Gasteiger partial charge in [-0.25, -0.2) is 4.89 Å². The first-order valence-corrected chi connectivity index (χ1v) is 4.39. The third-order valence-electron chi connectivity index (χ3n) is 2.26. The van der Waals surface area contributed by atoms with Crippen molar-refractivity contribution in [1.82, 2.24) is 0 Å². The summed E-state index contributed by atoms with van der Waals surface area (Å²) in [6.45, 7) is 4.75. The highest BCUT2D eigenvalue weighted by Gasteiger charge is 2.08. The van der Waals surface area contributed by atoms with E-state index in [-0.39, 0.29) is 0 Å². The molecule has 0 saturated carbocycles. The van der Waals surface area contributed by atoms with Crippen LogP contribution in [0.2, 0.25) is 0 Å². The van der Waals surface area contributed by atoms with E-state index < -0.39 is 0 Å². The summed E-state index contributed by atoms with van der Waals surface area (Å²) in [5.74, 6) is 0.637. The zero-order valence-corrected chi connectivity index (χ0v) is 7.71. The van der Waals surface area contributed by atoms with Crippen LogP contribution >= 0.6 is 0 Å². The molecule has 0 unspecified atom stereocenters. The maximum atomic E-state index is 8.23. The summed E-state index contributed by atoms with van der Waals surface area (Å²) in [6, 6.07) is 0. The van der Waals surface area contributed by atoms with Crippen LogP contribution in [-0.4, -0.2) is 11.9 Å². The molecular formula is C10H16O2. The lowest BCUT2D eigenvalue weighted by atomic mass is 9.91. The molecule has 0 bridgehead atoms. The van der Waals surface area contributed by atoms with Crippen LogP contribution in [0.1, 0.15) is 26.7 Å². The molecule has 1 aliphatic rings. The molecule has 0 aliphatic heterocycles. The topological polar surface area (TPSA) is 29.5 Å². The van der Waals surface area contributed by atoms with E-state index in [0.717, 1.165) is 12.8 Å². The van der Waals surface area contributed by atoms with Crippen LogP contribution in [0.25, 0.3) is 0 Å². The van der Waals surface area contributed by atoms with Crippen molar-refractivity contribution in [3.05, 3.63) is 23.3 Å². The Morgan fingerprint density at radius 2 is 2.17 bits per heavy atom. The summed E-state index contributed by atoms with van der Waals surface area (Å²) < 4.78 is 0. The van der Waals surface area contributed by atoms with Crippen molar-refractivity contribution >= 4 is 0 Å². The van der Waals surface area contributed by atoms with Gasteiger partial charge in [-0.2, -0.15) is 0 Å². The largest absolute Gasteiger partial charge is 0.251 e. The van der Waals surface area contributed by atoms with E-state index in [1.165, 1.54) is 11.1 Å². The second kappa shape index (κ2) is 4.43. The Hall–Kier alpha value is -0.600. The molecule has 1 aliphatic carbocycles. The second-order valence-corrected chi connectivity index (χ2v) is 3.49. The molecule has 0 aromatic carbocycles. The van der Waals surface area contributed by atoms with Gasteiger partial charge in [0, 0.05) is 0 Å². The van der Waals surface area contributed by atoms with Crippen LogP contribution in [-0.2, 0) is 4.89 Å². The minimum Gasteiger partial charge on any atom is -0.251 e. The second-order valence-electron chi connectivity index (χ2n) is 3.49. The standard InChI is InChI=1S/C10H16O2/c1-8(2)10-5-3-9(4-6-10)7-12-11/h3,5,8,11H,4,6-7H2,1-2H3. The SMILES string of the molecule is CC(C)C1=CC=C(COO)CC1. The van der Waals surface area contributed by atoms with Gasteiger partial charge in [0.15, 0.2) is 0 Å². The molecule has 0 fully saturated rings. The van der Waals surface area contributed by atoms with Gasteiger partial charge < -0.3 is 0 Å². The van der Waals surface area contributed by atoms with Crippen molar-refractivity contribution in [2.45, 2.75) is 26.7 Å². The van der Waals surface area contributed by atoms with E-state index in [1.54, 1.807) is 0 Å². The van der Waals surface area contributed by atoms with Gasteiger partial charge in [-0.15, -0.1) is 0 Å². The first kappa shape index (κ1) is 9.49. The molecule has 0 amide bonds. The summed E-state index contributed by atoms with van der Waals surface area (Å²) in [4.78, 5) is 4.08. The molecule has 68 valence electrons. The van der Waals surface area contributed by atoms with E-state index in [9.17, 15) is 0 Å². The van der Waals surface area contributed by atoms with Crippen molar-refractivity contribution in [3.63, 3.8) is 0 Å². The number of hydrogen-bond acceptors (Lipinski definition) is 2. The van der Waals surface area contributed by atoms with Crippen LogP contribution in [0.15, 0.2) is 23.3 Å². The minimum absolute atomic E-state index is 0.349. The first-order chi connectivity index (χ1) is 5.74. The van der Waals surface area contributed by atoms with E-state index in [2.05, 4.69) is 30.9 Å². The van der Waals surface area contributed by atoms with Gasteiger partial charge in [0.05, 0.1) is 0 Å². The minimum atomic E-state index is 0.349. The first-order valence-electron chi connectivity index (χ1n) is 4.39. The zero-order valence-electron chi connectivity index (χ0n) is 7.71. The van der Waals surface area contributed by atoms with Crippen LogP contribution < -0.4 is 0 Å². The van der Waals surface area contributed by atoms with Gasteiger partial charge in [-0.05, 0) is 24.3 Å². The van der Waals surface area contributed by atoms with Crippen molar-refractivity contribution < 1.29 is 10.1 Å². The molecule has 12 heavy (non-hydrogen) atoms. The normalized spacial score (nSPS) is 17.7. The van der Waals surface area contributed by atoms with E-state index >= 15 is 0 Å². The molecule has 0 atom stereocenters. The monoisotopic (exact) mass is 168 g/mol. The van der Waals surface area contributed by atoms with Crippen molar-refractivity contribution in [2.24, 2.45) is 5.92 Å². The van der Waals surface area contributed by atoms with Gasteiger partial charge >= 0.3 is 0 Å². The smallest absolute Gasteiger partial charge is 0.103 e. The van der Waals surface area contributed by atoms with Gasteiger partial charge in [-0.3, -0.25) is 5.26 Å². The number of allylic oxidation sites excluding steroid dienone is 3. The fourth-order valence-corrected chi connectivity index (χ4v) is 1.38. The Morgan fingerprint density at radius 1 is 1.42 bits per heavy atom. The van der Waals surface area contributed by atoms with E-state index in [0.29, 0.717) is 12.5 Å². The predicted molar refractivity (Wildman–Crippen MR) is 48.8 cm³/mol. The van der Waals surface area contributed by atoms with Gasteiger partial charge in [0.1, 0.15) is 6.61 Å². The number of rotatable bonds is 3. The summed E-state index contributed by atoms with van der Waals surface area (Å²) in [6.07, 6.45) is 6.31. The summed E-state index contributed by atoms with van der Waals surface area (Å²) >= 11 is 0. The summed E-state index contributed by atoms with van der Waals surface area (Å²) in [5, 5.41) is 8.23. The predicted octanol–water partition coefficient (Wildman–Crippen LogP) is 2.78.